The lowest BCUT2D eigenvalue weighted by Crippen LogP contribution is -2.20. The van der Waals surface area contributed by atoms with Crippen molar-refractivity contribution >= 4 is 39.2 Å². The van der Waals surface area contributed by atoms with E-state index >= 15 is 0 Å². The van der Waals surface area contributed by atoms with Gasteiger partial charge in [0, 0.05) is 15.6 Å². The van der Waals surface area contributed by atoms with E-state index in [1.165, 1.54) is 4.57 Å². The van der Waals surface area contributed by atoms with Gasteiger partial charge in [0.1, 0.15) is 11.1 Å². The molecule has 0 aliphatic heterocycles. The lowest BCUT2D eigenvalue weighted by Gasteiger charge is -2.07. The summed E-state index contributed by atoms with van der Waals surface area (Å²) in [7, 11) is 0. The number of benzene rings is 3. The monoisotopic (exact) mass is 474 g/mol. The first-order valence-electron chi connectivity index (χ1n) is 9.32. The van der Waals surface area contributed by atoms with Gasteiger partial charge in [-0.25, -0.2) is 0 Å². The molecule has 5 aromatic rings. The molecule has 0 saturated heterocycles. The van der Waals surface area contributed by atoms with E-state index in [-0.39, 0.29) is 10.3 Å². The van der Waals surface area contributed by atoms with Crippen molar-refractivity contribution in [3.63, 3.8) is 0 Å². The summed E-state index contributed by atoms with van der Waals surface area (Å²) in [6.07, 6.45) is 0. The number of hydrogen-bond donors (Lipinski definition) is 1. The Hall–Kier alpha value is -3.22. The van der Waals surface area contributed by atoms with Crippen LogP contribution in [0.5, 0.6) is 0 Å². The van der Waals surface area contributed by atoms with Gasteiger partial charge in [-0.15, -0.1) is 0 Å². The molecule has 146 valence electrons. The third kappa shape index (κ3) is 3.14. The number of H-pyrrole nitrogens is 1. The fourth-order valence-corrected chi connectivity index (χ4v) is 4.12. The summed E-state index contributed by atoms with van der Waals surface area (Å²) in [6.45, 7) is 0. The standard InChI is InChI=1S/C24H15BrN2O2S/c25-17-11-13-18(14-12-17)27-23(28)20-19(15-7-3-1-4-8-15)21(16-9-5-2-6-10-16)29-22(20)26-24(27)30/h1-14H,(H,26,30). The van der Waals surface area contributed by atoms with E-state index in [9.17, 15) is 4.79 Å². The van der Waals surface area contributed by atoms with Gasteiger partial charge in [-0.2, -0.15) is 0 Å². The van der Waals surface area contributed by atoms with Crippen molar-refractivity contribution in [3.8, 4) is 28.1 Å². The fourth-order valence-electron chi connectivity index (χ4n) is 3.58. The Morgan fingerprint density at radius 2 is 1.43 bits per heavy atom. The number of aromatic amines is 1. The topological polar surface area (TPSA) is 50.9 Å². The molecule has 4 nitrogen and oxygen atoms in total. The van der Waals surface area contributed by atoms with Crippen LogP contribution in [0.3, 0.4) is 0 Å². The molecule has 0 atom stereocenters. The molecule has 0 saturated carbocycles. The molecule has 0 fully saturated rings. The predicted octanol–water partition coefficient (Wildman–Crippen LogP) is 6.74. The highest BCUT2D eigenvalue weighted by molar-refractivity contribution is 9.10. The Kier molecular flexibility index (Phi) is 4.73. The predicted molar refractivity (Wildman–Crippen MR) is 126 cm³/mol. The number of aromatic nitrogens is 2. The summed E-state index contributed by atoms with van der Waals surface area (Å²) in [5.41, 5.74) is 3.38. The van der Waals surface area contributed by atoms with Gasteiger partial charge in [0.15, 0.2) is 4.77 Å². The average molecular weight is 475 g/mol. The minimum absolute atomic E-state index is 0.221. The van der Waals surface area contributed by atoms with Gasteiger partial charge in [-0.3, -0.25) is 9.36 Å². The molecule has 2 aromatic heterocycles. The molecule has 0 amide bonds. The summed E-state index contributed by atoms with van der Waals surface area (Å²) in [5.74, 6) is 0.633. The Bertz CT molecular complexity index is 1470. The van der Waals surface area contributed by atoms with Gasteiger partial charge in [0.05, 0.1) is 5.69 Å². The van der Waals surface area contributed by atoms with E-state index < -0.39 is 0 Å². The number of furan rings is 1. The second-order valence-electron chi connectivity index (χ2n) is 6.79. The molecule has 2 heterocycles. The molecule has 1 N–H and O–H groups in total. The third-order valence-corrected chi connectivity index (χ3v) is 5.75. The Morgan fingerprint density at radius 1 is 0.833 bits per heavy atom. The molecule has 6 heteroatoms. The number of nitrogens with one attached hydrogen (secondary N) is 1. The van der Waals surface area contributed by atoms with Crippen LogP contribution in [0.25, 0.3) is 39.2 Å². The van der Waals surface area contributed by atoms with Crippen molar-refractivity contribution in [2.45, 2.75) is 0 Å². The number of halogens is 1. The van der Waals surface area contributed by atoms with Gasteiger partial charge >= 0.3 is 0 Å². The SMILES string of the molecule is O=c1c2c(-c3ccccc3)c(-c3ccccc3)oc2[nH]c(=S)n1-c1ccc(Br)cc1. The number of fused-ring (bicyclic) bond motifs is 1. The van der Waals surface area contributed by atoms with Crippen molar-refractivity contribution in [3.05, 3.63) is 105 Å². The fraction of sp³-hybridized carbons (Fsp3) is 0. The molecule has 5 rings (SSSR count). The van der Waals surface area contributed by atoms with Crippen molar-refractivity contribution in [2.75, 3.05) is 0 Å². The molecule has 0 aliphatic rings. The van der Waals surface area contributed by atoms with Gasteiger partial charge in [0.25, 0.3) is 5.56 Å². The van der Waals surface area contributed by atoms with Gasteiger partial charge in [0.2, 0.25) is 5.71 Å². The smallest absolute Gasteiger partial charge is 0.270 e. The summed E-state index contributed by atoms with van der Waals surface area (Å²) >= 11 is 8.93. The lowest BCUT2D eigenvalue weighted by molar-refractivity contribution is 0.615. The third-order valence-electron chi connectivity index (χ3n) is 4.93. The zero-order valence-corrected chi connectivity index (χ0v) is 18.0. The molecule has 3 aromatic carbocycles. The number of nitrogens with zero attached hydrogens (tertiary/aromatic N) is 1. The van der Waals surface area contributed by atoms with Crippen molar-refractivity contribution in [1.82, 2.24) is 9.55 Å². The normalized spacial score (nSPS) is 11.1. The van der Waals surface area contributed by atoms with Crippen molar-refractivity contribution < 1.29 is 4.42 Å². The molecule has 30 heavy (non-hydrogen) atoms. The summed E-state index contributed by atoms with van der Waals surface area (Å²) < 4.78 is 8.88. The quantitative estimate of drug-likeness (QED) is 0.294. The van der Waals surface area contributed by atoms with E-state index in [0.717, 1.165) is 21.2 Å². The maximum atomic E-state index is 13.7. The first-order chi connectivity index (χ1) is 14.6. The maximum absolute atomic E-state index is 13.7. The minimum atomic E-state index is -0.221. The Labute approximate surface area is 185 Å². The molecule has 0 spiro atoms. The molecular weight excluding hydrogens is 460 g/mol. The first-order valence-corrected chi connectivity index (χ1v) is 10.5. The second-order valence-corrected chi connectivity index (χ2v) is 8.09. The van der Waals surface area contributed by atoms with E-state index in [0.29, 0.717) is 22.5 Å². The Balaban J connectivity index is 1.90. The zero-order chi connectivity index (χ0) is 20.7. The van der Waals surface area contributed by atoms with E-state index in [1.807, 2.05) is 84.9 Å². The van der Waals surface area contributed by atoms with Crippen LogP contribution in [-0.4, -0.2) is 9.55 Å². The van der Waals surface area contributed by atoms with E-state index in [1.54, 1.807) is 0 Å². The molecular formula is C24H15BrN2O2S. The average Bonchev–Trinajstić information content (AvgIpc) is 3.16. The van der Waals surface area contributed by atoms with Gasteiger partial charge in [-0.05, 0) is 42.0 Å². The Morgan fingerprint density at radius 3 is 2.07 bits per heavy atom. The highest BCUT2D eigenvalue weighted by Gasteiger charge is 2.22. The van der Waals surface area contributed by atoms with Crippen LogP contribution >= 0.6 is 28.1 Å². The maximum Gasteiger partial charge on any atom is 0.270 e. The highest BCUT2D eigenvalue weighted by atomic mass is 79.9. The second kappa shape index (κ2) is 7.55. The molecule has 0 radical (unpaired) electrons. The highest BCUT2D eigenvalue weighted by Crippen LogP contribution is 2.38. The van der Waals surface area contributed by atoms with E-state index in [2.05, 4.69) is 20.9 Å². The van der Waals surface area contributed by atoms with Gasteiger partial charge < -0.3 is 9.40 Å². The summed E-state index contributed by atoms with van der Waals surface area (Å²) in [4.78, 5) is 16.8. The van der Waals surface area contributed by atoms with Crippen LogP contribution in [0.2, 0.25) is 0 Å². The molecule has 0 unspecified atom stereocenters. The number of hydrogen-bond acceptors (Lipinski definition) is 3. The lowest BCUT2D eigenvalue weighted by atomic mass is 10.00. The first kappa shape index (κ1) is 18.8. The van der Waals surface area contributed by atoms with Crippen LogP contribution in [0.1, 0.15) is 0 Å². The van der Waals surface area contributed by atoms with Crippen molar-refractivity contribution in [1.29, 1.82) is 0 Å². The number of rotatable bonds is 3. The zero-order valence-electron chi connectivity index (χ0n) is 15.6. The van der Waals surface area contributed by atoms with E-state index in [4.69, 9.17) is 16.6 Å². The van der Waals surface area contributed by atoms with Crippen LogP contribution in [0.4, 0.5) is 0 Å². The summed E-state index contributed by atoms with van der Waals surface area (Å²) in [5, 5.41) is 0.469. The van der Waals surface area contributed by atoms with Crippen LogP contribution in [0, 0.1) is 4.77 Å². The van der Waals surface area contributed by atoms with Crippen molar-refractivity contribution in [2.24, 2.45) is 0 Å². The minimum Gasteiger partial charge on any atom is -0.439 e. The van der Waals surface area contributed by atoms with Crippen LogP contribution in [-0.2, 0) is 0 Å². The van der Waals surface area contributed by atoms with Crippen LogP contribution < -0.4 is 5.56 Å². The largest absolute Gasteiger partial charge is 0.439 e. The van der Waals surface area contributed by atoms with Gasteiger partial charge in [-0.1, -0.05) is 76.6 Å². The summed E-state index contributed by atoms with van der Waals surface area (Å²) in [6, 6.07) is 27.0. The molecule has 0 aliphatic carbocycles. The molecule has 0 bridgehead atoms. The van der Waals surface area contributed by atoms with Crippen LogP contribution in [0.15, 0.2) is 98.6 Å².